The predicted molar refractivity (Wildman–Crippen MR) is 96.3 cm³/mol. The highest BCUT2D eigenvalue weighted by Crippen LogP contribution is 2.33. The number of carbonyl (C=O) groups excluding carboxylic acids is 1. The summed E-state index contributed by atoms with van der Waals surface area (Å²) in [5.74, 6) is 1.53. The molecule has 0 unspecified atom stereocenters. The Balaban J connectivity index is 1.65. The second-order valence-corrected chi connectivity index (χ2v) is 6.68. The molecular formula is C19H20BrNO3. The lowest BCUT2D eigenvalue weighted by molar-refractivity contribution is -0.134. The minimum absolute atomic E-state index is 0.0169. The van der Waals surface area contributed by atoms with Gasteiger partial charge >= 0.3 is 0 Å². The van der Waals surface area contributed by atoms with Gasteiger partial charge in [-0.15, -0.1) is 0 Å². The van der Waals surface area contributed by atoms with Crippen molar-refractivity contribution in [3.05, 3.63) is 58.6 Å². The van der Waals surface area contributed by atoms with Crippen LogP contribution < -0.4 is 9.47 Å². The number of hydrogen-bond donors (Lipinski definition) is 0. The number of likely N-dealkylation sites (tertiary alicyclic amines) is 1. The lowest BCUT2D eigenvalue weighted by Crippen LogP contribution is -2.34. The minimum Gasteiger partial charge on any atom is -0.497 e. The fraction of sp³-hybridized carbons (Fsp3) is 0.316. The molecule has 0 bridgehead atoms. The van der Waals surface area contributed by atoms with E-state index < -0.39 is 0 Å². The molecule has 0 N–H and O–H groups in total. The van der Waals surface area contributed by atoms with Crippen molar-refractivity contribution in [3.63, 3.8) is 0 Å². The van der Waals surface area contributed by atoms with Crippen LogP contribution >= 0.6 is 15.9 Å². The van der Waals surface area contributed by atoms with Gasteiger partial charge in [0.05, 0.1) is 13.2 Å². The third-order valence-corrected chi connectivity index (χ3v) is 4.76. The van der Waals surface area contributed by atoms with Crippen LogP contribution in [0.25, 0.3) is 0 Å². The number of nitrogens with zero attached hydrogens (tertiary/aromatic N) is 1. The molecule has 126 valence electrons. The normalized spacial score (nSPS) is 16.9. The summed E-state index contributed by atoms with van der Waals surface area (Å²) in [5.41, 5.74) is 1.11. The van der Waals surface area contributed by atoms with Gasteiger partial charge in [0.15, 0.2) is 6.61 Å². The largest absolute Gasteiger partial charge is 0.497 e. The summed E-state index contributed by atoms with van der Waals surface area (Å²) in [5, 5.41) is 0. The van der Waals surface area contributed by atoms with Gasteiger partial charge in [-0.3, -0.25) is 4.79 Å². The number of benzene rings is 2. The molecule has 2 aromatic carbocycles. The molecule has 3 rings (SSSR count). The van der Waals surface area contributed by atoms with E-state index in [1.54, 1.807) is 7.11 Å². The molecule has 2 aromatic rings. The average Bonchev–Trinajstić information content (AvgIpc) is 3.11. The first-order valence-corrected chi connectivity index (χ1v) is 8.78. The number of rotatable bonds is 5. The van der Waals surface area contributed by atoms with Crippen LogP contribution in [0.2, 0.25) is 0 Å². The summed E-state index contributed by atoms with van der Waals surface area (Å²) >= 11 is 3.38. The van der Waals surface area contributed by atoms with Crippen LogP contribution in [0.1, 0.15) is 24.4 Å². The summed E-state index contributed by atoms with van der Waals surface area (Å²) < 4.78 is 11.9. The topological polar surface area (TPSA) is 38.8 Å². The van der Waals surface area contributed by atoms with Crippen molar-refractivity contribution in [1.29, 1.82) is 0 Å². The number of ether oxygens (including phenoxy) is 2. The zero-order valence-corrected chi connectivity index (χ0v) is 15.2. The van der Waals surface area contributed by atoms with E-state index in [4.69, 9.17) is 9.47 Å². The summed E-state index contributed by atoms with van der Waals surface area (Å²) in [4.78, 5) is 14.5. The van der Waals surface area contributed by atoms with E-state index in [0.717, 1.165) is 35.2 Å². The Labute approximate surface area is 150 Å². The van der Waals surface area contributed by atoms with E-state index in [2.05, 4.69) is 15.9 Å². The minimum atomic E-state index is 0.0169. The van der Waals surface area contributed by atoms with E-state index in [-0.39, 0.29) is 18.6 Å². The van der Waals surface area contributed by atoms with Crippen LogP contribution in [0.15, 0.2) is 53.0 Å². The molecule has 1 fully saturated rings. The standard InChI is InChI=1S/C19H20BrNO3/c1-23-17-5-2-4-14(12-17)18-6-3-11-21(18)19(22)13-24-16-9-7-15(20)8-10-16/h2,4-5,7-10,12,18H,3,6,11,13H2,1H3/t18-/m1/s1. The molecule has 0 spiro atoms. The van der Waals surface area contributed by atoms with Gasteiger partial charge in [0.1, 0.15) is 11.5 Å². The number of hydrogen-bond acceptors (Lipinski definition) is 3. The number of methoxy groups -OCH3 is 1. The Hall–Kier alpha value is -2.01. The fourth-order valence-corrected chi connectivity index (χ4v) is 3.28. The molecular weight excluding hydrogens is 370 g/mol. The molecule has 0 aromatic heterocycles. The number of carbonyl (C=O) groups is 1. The van der Waals surface area contributed by atoms with Crippen molar-refractivity contribution in [2.45, 2.75) is 18.9 Å². The Morgan fingerprint density at radius 3 is 2.75 bits per heavy atom. The second kappa shape index (κ2) is 7.71. The van der Waals surface area contributed by atoms with Crippen LogP contribution in [-0.2, 0) is 4.79 Å². The van der Waals surface area contributed by atoms with Crippen molar-refractivity contribution in [1.82, 2.24) is 4.90 Å². The Bertz CT molecular complexity index is 702. The predicted octanol–water partition coefficient (Wildman–Crippen LogP) is 4.20. The molecule has 4 nitrogen and oxygen atoms in total. The molecule has 0 aliphatic carbocycles. The van der Waals surface area contributed by atoms with E-state index in [9.17, 15) is 4.79 Å². The van der Waals surface area contributed by atoms with E-state index in [1.165, 1.54) is 0 Å². The van der Waals surface area contributed by atoms with E-state index >= 15 is 0 Å². The van der Waals surface area contributed by atoms with Crippen molar-refractivity contribution < 1.29 is 14.3 Å². The molecule has 1 aliphatic heterocycles. The summed E-state index contributed by atoms with van der Waals surface area (Å²) in [6.07, 6.45) is 1.98. The zero-order chi connectivity index (χ0) is 16.9. The average molecular weight is 390 g/mol. The highest BCUT2D eigenvalue weighted by molar-refractivity contribution is 9.10. The molecule has 5 heteroatoms. The van der Waals surface area contributed by atoms with Crippen LogP contribution in [0, 0.1) is 0 Å². The van der Waals surface area contributed by atoms with Gasteiger partial charge in [0, 0.05) is 11.0 Å². The highest BCUT2D eigenvalue weighted by Gasteiger charge is 2.30. The third kappa shape index (κ3) is 3.90. The molecule has 0 saturated carbocycles. The monoisotopic (exact) mass is 389 g/mol. The van der Waals surface area contributed by atoms with Gasteiger partial charge in [0.25, 0.3) is 5.91 Å². The molecule has 1 saturated heterocycles. The highest BCUT2D eigenvalue weighted by atomic mass is 79.9. The molecule has 24 heavy (non-hydrogen) atoms. The van der Waals surface area contributed by atoms with Crippen LogP contribution in [-0.4, -0.2) is 31.1 Å². The number of halogens is 1. The maximum Gasteiger partial charge on any atom is 0.261 e. The molecule has 1 atom stereocenters. The van der Waals surface area contributed by atoms with Crippen molar-refractivity contribution in [2.75, 3.05) is 20.3 Å². The molecule has 1 aliphatic rings. The van der Waals surface area contributed by atoms with Crippen molar-refractivity contribution in [2.24, 2.45) is 0 Å². The van der Waals surface area contributed by atoms with Gasteiger partial charge in [-0.1, -0.05) is 28.1 Å². The van der Waals surface area contributed by atoms with Gasteiger partial charge in [-0.25, -0.2) is 0 Å². The first-order chi connectivity index (χ1) is 11.7. The summed E-state index contributed by atoms with van der Waals surface area (Å²) in [7, 11) is 1.66. The van der Waals surface area contributed by atoms with Crippen molar-refractivity contribution in [3.8, 4) is 11.5 Å². The van der Waals surface area contributed by atoms with Crippen LogP contribution in [0.5, 0.6) is 11.5 Å². The maximum absolute atomic E-state index is 12.6. The van der Waals surface area contributed by atoms with Crippen LogP contribution in [0.3, 0.4) is 0 Å². The first-order valence-electron chi connectivity index (χ1n) is 7.99. The quantitative estimate of drug-likeness (QED) is 0.768. The fourth-order valence-electron chi connectivity index (χ4n) is 3.02. The van der Waals surface area contributed by atoms with Crippen LogP contribution in [0.4, 0.5) is 0 Å². The lowest BCUT2D eigenvalue weighted by atomic mass is 10.0. The Kier molecular flexibility index (Phi) is 5.41. The first kappa shape index (κ1) is 16.8. The van der Waals surface area contributed by atoms with E-state index in [1.807, 2.05) is 53.4 Å². The van der Waals surface area contributed by atoms with Crippen molar-refractivity contribution >= 4 is 21.8 Å². The maximum atomic E-state index is 12.6. The third-order valence-electron chi connectivity index (χ3n) is 4.23. The number of amides is 1. The molecule has 0 radical (unpaired) electrons. The SMILES string of the molecule is COc1cccc([C@H]2CCCN2C(=O)COc2ccc(Br)cc2)c1. The van der Waals surface area contributed by atoms with Gasteiger partial charge in [0.2, 0.25) is 0 Å². The van der Waals surface area contributed by atoms with Gasteiger partial charge in [-0.2, -0.15) is 0 Å². The zero-order valence-electron chi connectivity index (χ0n) is 13.6. The smallest absolute Gasteiger partial charge is 0.261 e. The summed E-state index contributed by atoms with van der Waals surface area (Å²) in [6.45, 7) is 0.826. The Morgan fingerprint density at radius 1 is 1.21 bits per heavy atom. The van der Waals surface area contributed by atoms with E-state index in [0.29, 0.717) is 5.75 Å². The Morgan fingerprint density at radius 2 is 2.00 bits per heavy atom. The molecule has 1 heterocycles. The second-order valence-electron chi connectivity index (χ2n) is 5.76. The van der Waals surface area contributed by atoms with Gasteiger partial charge in [-0.05, 0) is 54.8 Å². The summed E-state index contributed by atoms with van der Waals surface area (Å²) in [6, 6.07) is 15.5. The lowest BCUT2D eigenvalue weighted by Gasteiger charge is -2.25. The molecule has 1 amide bonds. The van der Waals surface area contributed by atoms with Gasteiger partial charge < -0.3 is 14.4 Å².